The van der Waals surface area contributed by atoms with Crippen molar-refractivity contribution in [3.63, 3.8) is 0 Å². The number of nitrogens with one attached hydrogen (secondary N) is 3. The third kappa shape index (κ3) is 5.88. The molecule has 0 fully saturated rings. The van der Waals surface area contributed by atoms with Gasteiger partial charge in [0.2, 0.25) is 11.8 Å². The number of amides is 2. The molecule has 2 rings (SSSR count). The number of halogens is 1. The minimum absolute atomic E-state index is 0. The van der Waals surface area contributed by atoms with E-state index in [1.807, 2.05) is 6.92 Å². The van der Waals surface area contributed by atoms with Crippen molar-refractivity contribution >= 4 is 35.6 Å². The average Bonchev–Trinajstić information content (AvgIpc) is 2.94. The highest BCUT2D eigenvalue weighted by Gasteiger charge is 2.20. The van der Waals surface area contributed by atoms with Crippen LogP contribution in [0.1, 0.15) is 31.4 Å². The molecule has 2 aromatic rings. The fourth-order valence-corrected chi connectivity index (χ4v) is 2.38. The van der Waals surface area contributed by atoms with Crippen molar-refractivity contribution < 1.29 is 9.59 Å². The number of nitrogens with zero attached hydrogens (tertiary/aromatic N) is 2. The van der Waals surface area contributed by atoms with Gasteiger partial charge in [0.05, 0.1) is 6.20 Å². The number of anilines is 2. The van der Waals surface area contributed by atoms with Crippen LogP contribution in [-0.2, 0) is 16.6 Å². The second-order valence-corrected chi connectivity index (χ2v) is 5.54. The number of aromatic nitrogens is 2. The zero-order valence-corrected chi connectivity index (χ0v) is 15.4. The summed E-state index contributed by atoms with van der Waals surface area (Å²) < 4.78 is 1.65. The quantitative estimate of drug-likeness (QED) is 0.703. The molecule has 0 spiro atoms. The largest absolute Gasteiger partial charge is 0.326 e. The maximum Gasteiger partial charge on any atom is 0.246 e. The predicted molar refractivity (Wildman–Crippen MR) is 101 cm³/mol. The van der Waals surface area contributed by atoms with E-state index < -0.39 is 6.04 Å². The Morgan fingerprint density at radius 1 is 1.24 bits per heavy atom. The molecule has 1 aromatic heterocycles. The Kier molecular flexibility index (Phi) is 8.10. The van der Waals surface area contributed by atoms with Crippen molar-refractivity contribution in [2.45, 2.75) is 25.8 Å². The lowest BCUT2D eigenvalue weighted by Gasteiger charge is -2.15. The summed E-state index contributed by atoms with van der Waals surface area (Å²) in [6.45, 7) is 1.95. The summed E-state index contributed by atoms with van der Waals surface area (Å²) in [6.07, 6.45) is 4.71. The first-order valence-electron chi connectivity index (χ1n) is 7.90. The molecule has 3 N–H and O–H groups in total. The molecule has 0 bridgehead atoms. The van der Waals surface area contributed by atoms with E-state index in [4.69, 9.17) is 0 Å². The van der Waals surface area contributed by atoms with E-state index in [0.717, 1.165) is 12.0 Å². The average molecular weight is 366 g/mol. The molecule has 2 amide bonds. The maximum absolute atomic E-state index is 12.5. The van der Waals surface area contributed by atoms with Crippen molar-refractivity contribution in [2.24, 2.45) is 7.05 Å². The molecule has 1 aromatic carbocycles. The smallest absolute Gasteiger partial charge is 0.246 e. The molecule has 1 atom stereocenters. The Hall–Kier alpha value is -2.38. The highest BCUT2D eigenvalue weighted by Crippen LogP contribution is 2.18. The molecular formula is C17H24ClN5O2. The standard InChI is InChI=1S/C17H23N5O2.ClH/c1-4-6-15(23)20-13-7-5-8-14(9-13)21-17(24)16(18-2)12-10-19-22(3)11-12;/h5,7-11,16,18H,4,6H2,1-3H3,(H,20,23)(H,21,24);1H. The van der Waals surface area contributed by atoms with Crippen LogP contribution in [0.25, 0.3) is 0 Å². The molecule has 0 aliphatic heterocycles. The van der Waals surface area contributed by atoms with E-state index in [-0.39, 0.29) is 24.2 Å². The number of carbonyl (C=O) groups excluding carboxylic acids is 2. The van der Waals surface area contributed by atoms with Crippen LogP contribution < -0.4 is 16.0 Å². The summed E-state index contributed by atoms with van der Waals surface area (Å²) in [6, 6.07) is 6.59. The van der Waals surface area contributed by atoms with Crippen LogP contribution in [0.2, 0.25) is 0 Å². The van der Waals surface area contributed by atoms with E-state index in [0.29, 0.717) is 17.8 Å². The summed E-state index contributed by atoms with van der Waals surface area (Å²) in [7, 11) is 3.52. The molecule has 7 nitrogen and oxygen atoms in total. The first kappa shape index (κ1) is 20.7. The summed E-state index contributed by atoms with van der Waals surface area (Å²) in [5.74, 6) is -0.230. The second kappa shape index (κ2) is 9.80. The van der Waals surface area contributed by atoms with Gasteiger partial charge in [-0.15, -0.1) is 12.4 Å². The minimum Gasteiger partial charge on any atom is -0.326 e. The lowest BCUT2D eigenvalue weighted by molar-refractivity contribution is -0.118. The van der Waals surface area contributed by atoms with Gasteiger partial charge in [0.1, 0.15) is 6.04 Å². The Morgan fingerprint density at radius 2 is 1.92 bits per heavy atom. The number of hydrogen-bond donors (Lipinski definition) is 3. The lowest BCUT2D eigenvalue weighted by atomic mass is 10.1. The molecule has 0 aliphatic carbocycles. The molecule has 1 heterocycles. The molecule has 136 valence electrons. The molecule has 0 radical (unpaired) electrons. The number of carbonyl (C=O) groups is 2. The predicted octanol–water partition coefficient (Wildman–Crippen LogP) is 2.48. The van der Waals surface area contributed by atoms with Crippen LogP contribution in [-0.4, -0.2) is 28.6 Å². The lowest BCUT2D eigenvalue weighted by Crippen LogP contribution is -2.30. The van der Waals surface area contributed by atoms with Crippen molar-refractivity contribution in [3.8, 4) is 0 Å². The third-order valence-corrected chi connectivity index (χ3v) is 3.50. The van der Waals surface area contributed by atoms with Crippen molar-refractivity contribution in [3.05, 3.63) is 42.2 Å². The Morgan fingerprint density at radius 3 is 2.48 bits per heavy atom. The molecule has 8 heteroatoms. The molecule has 0 aliphatic rings. The summed E-state index contributed by atoms with van der Waals surface area (Å²) in [5.41, 5.74) is 2.07. The van der Waals surface area contributed by atoms with Gasteiger partial charge in [0.25, 0.3) is 0 Å². The molecule has 25 heavy (non-hydrogen) atoms. The number of hydrogen-bond acceptors (Lipinski definition) is 4. The highest BCUT2D eigenvalue weighted by atomic mass is 35.5. The van der Waals surface area contributed by atoms with Gasteiger partial charge < -0.3 is 16.0 Å². The van der Waals surface area contributed by atoms with Crippen LogP contribution in [0, 0.1) is 0 Å². The maximum atomic E-state index is 12.5. The Labute approximate surface area is 153 Å². The van der Waals surface area contributed by atoms with Crippen molar-refractivity contribution in [2.75, 3.05) is 17.7 Å². The van der Waals surface area contributed by atoms with E-state index in [2.05, 4.69) is 21.0 Å². The van der Waals surface area contributed by atoms with Gasteiger partial charge in [0, 0.05) is 36.6 Å². The van der Waals surface area contributed by atoms with Gasteiger partial charge in [-0.1, -0.05) is 13.0 Å². The number of likely N-dealkylation sites (N-methyl/N-ethyl adjacent to an activating group) is 1. The van der Waals surface area contributed by atoms with E-state index in [9.17, 15) is 9.59 Å². The van der Waals surface area contributed by atoms with E-state index in [1.165, 1.54) is 0 Å². The molecule has 1 unspecified atom stereocenters. The monoisotopic (exact) mass is 365 g/mol. The van der Waals surface area contributed by atoms with Gasteiger partial charge in [-0.05, 0) is 31.7 Å². The van der Waals surface area contributed by atoms with Crippen LogP contribution in [0.15, 0.2) is 36.7 Å². The third-order valence-electron chi connectivity index (χ3n) is 3.50. The number of aryl methyl sites for hydroxylation is 1. The highest BCUT2D eigenvalue weighted by molar-refractivity contribution is 5.97. The Balaban J connectivity index is 0.00000312. The van der Waals surface area contributed by atoms with Gasteiger partial charge >= 0.3 is 0 Å². The molecule has 0 saturated carbocycles. The molecular weight excluding hydrogens is 342 g/mol. The van der Waals surface area contributed by atoms with Crippen LogP contribution in [0.4, 0.5) is 11.4 Å². The summed E-state index contributed by atoms with van der Waals surface area (Å²) in [5, 5.41) is 12.7. The summed E-state index contributed by atoms with van der Waals surface area (Å²) in [4.78, 5) is 24.2. The SMILES string of the molecule is CCCC(=O)Nc1cccc(NC(=O)C(NC)c2cnn(C)c2)c1.Cl. The van der Waals surface area contributed by atoms with Crippen molar-refractivity contribution in [1.29, 1.82) is 0 Å². The molecule has 0 saturated heterocycles. The zero-order valence-electron chi connectivity index (χ0n) is 14.6. The summed E-state index contributed by atoms with van der Waals surface area (Å²) >= 11 is 0. The number of rotatable bonds is 7. The second-order valence-electron chi connectivity index (χ2n) is 5.54. The van der Waals surface area contributed by atoms with Crippen LogP contribution in [0.3, 0.4) is 0 Å². The fourth-order valence-electron chi connectivity index (χ4n) is 2.38. The van der Waals surface area contributed by atoms with E-state index in [1.54, 1.807) is 55.4 Å². The van der Waals surface area contributed by atoms with Gasteiger partial charge in [-0.2, -0.15) is 5.10 Å². The normalized spacial score (nSPS) is 11.3. The van der Waals surface area contributed by atoms with Crippen LogP contribution >= 0.6 is 12.4 Å². The van der Waals surface area contributed by atoms with Gasteiger partial charge in [0.15, 0.2) is 0 Å². The topological polar surface area (TPSA) is 88.1 Å². The first-order chi connectivity index (χ1) is 11.5. The van der Waals surface area contributed by atoms with Gasteiger partial charge in [-0.3, -0.25) is 14.3 Å². The first-order valence-corrected chi connectivity index (χ1v) is 7.90. The zero-order chi connectivity index (χ0) is 17.5. The van der Waals surface area contributed by atoms with Gasteiger partial charge in [-0.25, -0.2) is 0 Å². The Bertz CT molecular complexity index is 717. The van der Waals surface area contributed by atoms with Crippen LogP contribution in [0.5, 0.6) is 0 Å². The fraction of sp³-hybridized carbons (Fsp3) is 0.353. The van der Waals surface area contributed by atoms with Crippen molar-refractivity contribution in [1.82, 2.24) is 15.1 Å². The minimum atomic E-state index is -0.503. The van der Waals surface area contributed by atoms with E-state index >= 15 is 0 Å². The number of benzene rings is 1.